The van der Waals surface area contributed by atoms with Gasteiger partial charge in [-0.05, 0) is 58.9 Å². The van der Waals surface area contributed by atoms with Gasteiger partial charge in [-0.3, -0.25) is 9.10 Å². The normalized spacial score (nSPS) is 28.8. The van der Waals surface area contributed by atoms with Gasteiger partial charge in [0.1, 0.15) is 17.4 Å². The molecule has 0 N–H and O–H groups in total. The van der Waals surface area contributed by atoms with Gasteiger partial charge in [-0.2, -0.15) is 0 Å². The fourth-order valence-electron chi connectivity index (χ4n) is 3.76. The highest BCUT2D eigenvalue weighted by atomic mass is 32.2. The number of Topliss-reactive ketones (excluding diaryl/α,β-unsaturated/α-hetero) is 1. The van der Waals surface area contributed by atoms with Gasteiger partial charge in [0.15, 0.2) is 0 Å². The van der Waals surface area contributed by atoms with Gasteiger partial charge in [-0.25, -0.2) is 8.42 Å². The van der Waals surface area contributed by atoms with Gasteiger partial charge in [0, 0.05) is 5.70 Å². The van der Waals surface area contributed by atoms with Crippen molar-refractivity contribution in [3.63, 3.8) is 0 Å². The largest absolute Gasteiger partial charge is 0.489 e. The van der Waals surface area contributed by atoms with Crippen LogP contribution in [-0.4, -0.2) is 30.1 Å². The van der Waals surface area contributed by atoms with Gasteiger partial charge in [0.25, 0.3) is 10.0 Å². The van der Waals surface area contributed by atoms with Crippen LogP contribution in [0.3, 0.4) is 0 Å². The fraction of sp³-hybridized carbons (Fsp3) is 0.421. The lowest BCUT2D eigenvalue weighted by atomic mass is 9.78. The average molecular weight is 361 g/mol. The predicted octanol–water partition coefficient (Wildman–Crippen LogP) is 3.17. The molecule has 0 bridgehead atoms. The molecule has 2 aliphatic rings. The van der Waals surface area contributed by atoms with E-state index in [0.717, 1.165) is 5.56 Å². The van der Waals surface area contributed by atoms with Crippen molar-refractivity contribution in [2.24, 2.45) is 5.92 Å². The maximum atomic E-state index is 13.3. The minimum Gasteiger partial charge on any atom is -0.489 e. The molecule has 3 atom stereocenters. The molecule has 2 heterocycles. The van der Waals surface area contributed by atoms with E-state index in [1.165, 1.54) is 11.2 Å². The van der Waals surface area contributed by atoms with Crippen LogP contribution in [-0.2, 0) is 19.6 Å². The molecule has 25 heavy (non-hydrogen) atoms. The molecule has 0 aliphatic carbocycles. The SMILES string of the molecule is CC(=O)C1C=C(C)N(S(=O)(=O)c2ccc(C)cc2)C2C=C(C)OC12C. The number of ketones is 1. The van der Waals surface area contributed by atoms with Crippen molar-refractivity contribution in [2.75, 3.05) is 0 Å². The van der Waals surface area contributed by atoms with Crippen LogP contribution in [0.5, 0.6) is 0 Å². The smallest absolute Gasteiger partial charge is 0.264 e. The Labute approximate surface area is 149 Å². The van der Waals surface area contributed by atoms with Crippen LogP contribution in [0, 0.1) is 12.8 Å². The summed E-state index contributed by atoms with van der Waals surface area (Å²) in [7, 11) is -3.76. The predicted molar refractivity (Wildman–Crippen MR) is 95.2 cm³/mol. The van der Waals surface area contributed by atoms with Crippen molar-refractivity contribution in [1.29, 1.82) is 0 Å². The zero-order valence-electron chi connectivity index (χ0n) is 15.1. The van der Waals surface area contributed by atoms with E-state index >= 15 is 0 Å². The van der Waals surface area contributed by atoms with Crippen molar-refractivity contribution in [1.82, 2.24) is 4.31 Å². The first-order chi connectivity index (χ1) is 11.6. The van der Waals surface area contributed by atoms with Crippen LogP contribution in [0.15, 0.2) is 52.8 Å². The molecule has 6 heteroatoms. The zero-order valence-corrected chi connectivity index (χ0v) is 15.9. The van der Waals surface area contributed by atoms with E-state index < -0.39 is 27.6 Å². The second kappa shape index (κ2) is 5.73. The first-order valence-corrected chi connectivity index (χ1v) is 9.69. The standard InChI is InChI=1S/C19H23NO4S/c1-12-6-8-16(9-7-12)25(22,23)20-13(2)10-17(15(4)21)19(5)18(20)11-14(3)24-19/h6-11,17-18H,1-5H3. The third kappa shape index (κ3) is 2.68. The molecular weight excluding hydrogens is 338 g/mol. The summed E-state index contributed by atoms with van der Waals surface area (Å²) >= 11 is 0. The van der Waals surface area contributed by atoms with E-state index in [2.05, 4.69) is 0 Å². The monoisotopic (exact) mass is 361 g/mol. The number of sulfonamides is 1. The Morgan fingerprint density at radius 1 is 1.12 bits per heavy atom. The third-order valence-electron chi connectivity index (χ3n) is 5.00. The van der Waals surface area contributed by atoms with E-state index in [0.29, 0.717) is 11.5 Å². The highest BCUT2D eigenvalue weighted by molar-refractivity contribution is 7.89. The quantitative estimate of drug-likeness (QED) is 0.829. The molecule has 1 aromatic rings. The summed E-state index contributed by atoms with van der Waals surface area (Å²) in [6.45, 7) is 8.73. The highest BCUT2D eigenvalue weighted by Crippen LogP contribution is 2.45. The molecule has 0 amide bonds. The van der Waals surface area contributed by atoms with Crippen LogP contribution in [0.25, 0.3) is 0 Å². The summed E-state index contributed by atoms with van der Waals surface area (Å²) in [5.74, 6) is 0.101. The summed E-state index contributed by atoms with van der Waals surface area (Å²) in [4.78, 5) is 12.4. The summed E-state index contributed by atoms with van der Waals surface area (Å²) in [6.07, 6.45) is 3.50. The Kier molecular flexibility index (Phi) is 4.06. The van der Waals surface area contributed by atoms with Gasteiger partial charge >= 0.3 is 0 Å². The van der Waals surface area contributed by atoms with Crippen LogP contribution in [0.1, 0.15) is 33.3 Å². The molecule has 3 unspecified atom stereocenters. The summed E-state index contributed by atoms with van der Waals surface area (Å²) in [5.41, 5.74) is 0.594. The second-order valence-corrected chi connectivity index (χ2v) is 8.83. The number of carbonyl (C=O) groups excluding carboxylic acids is 1. The van der Waals surface area contributed by atoms with E-state index in [1.54, 1.807) is 57.2 Å². The fourth-order valence-corrected chi connectivity index (χ4v) is 5.48. The molecule has 1 aromatic carbocycles. The minimum absolute atomic E-state index is 0.0395. The molecule has 5 nitrogen and oxygen atoms in total. The van der Waals surface area contributed by atoms with E-state index in [9.17, 15) is 13.2 Å². The summed E-state index contributed by atoms with van der Waals surface area (Å²) < 4.78 is 33.9. The van der Waals surface area contributed by atoms with Crippen LogP contribution in [0.4, 0.5) is 0 Å². The molecule has 0 saturated carbocycles. The molecule has 0 saturated heterocycles. The Hall–Kier alpha value is -2.08. The lowest BCUT2D eigenvalue weighted by Gasteiger charge is -2.45. The van der Waals surface area contributed by atoms with Gasteiger partial charge in [0.05, 0.1) is 16.6 Å². The molecule has 0 radical (unpaired) electrons. The Balaban J connectivity index is 2.16. The van der Waals surface area contributed by atoms with Crippen molar-refractivity contribution < 1.29 is 17.9 Å². The van der Waals surface area contributed by atoms with E-state index in [-0.39, 0.29) is 10.7 Å². The minimum atomic E-state index is -3.76. The van der Waals surface area contributed by atoms with Gasteiger partial charge < -0.3 is 4.74 Å². The number of hydrogen-bond acceptors (Lipinski definition) is 4. The first kappa shape index (κ1) is 17.7. The Bertz CT molecular complexity index is 883. The molecule has 2 aliphatic heterocycles. The van der Waals surface area contributed by atoms with Crippen molar-refractivity contribution >= 4 is 15.8 Å². The van der Waals surface area contributed by atoms with E-state index in [4.69, 9.17) is 4.74 Å². The average Bonchev–Trinajstić information content (AvgIpc) is 2.81. The highest BCUT2D eigenvalue weighted by Gasteiger charge is 2.55. The number of aryl methyl sites for hydroxylation is 1. The van der Waals surface area contributed by atoms with E-state index in [1.807, 2.05) is 6.92 Å². The molecule has 0 spiro atoms. The van der Waals surface area contributed by atoms with Gasteiger partial charge in [-0.15, -0.1) is 0 Å². The third-order valence-corrected chi connectivity index (χ3v) is 6.90. The zero-order chi connectivity index (χ0) is 18.6. The molecule has 134 valence electrons. The number of benzene rings is 1. The number of allylic oxidation sites excluding steroid dienone is 2. The topological polar surface area (TPSA) is 63.7 Å². The second-order valence-electron chi connectivity index (χ2n) is 7.02. The number of ether oxygens (including phenoxy) is 1. The van der Waals surface area contributed by atoms with Crippen LogP contribution in [0.2, 0.25) is 0 Å². The maximum absolute atomic E-state index is 13.3. The van der Waals surface area contributed by atoms with Gasteiger partial charge in [-0.1, -0.05) is 17.7 Å². The first-order valence-electron chi connectivity index (χ1n) is 8.25. The molecule has 3 rings (SSSR count). The van der Waals surface area contributed by atoms with Crippen molar-refractivity contribution in [3.8, 4) is 0 Å². The van der Waals surface area contributed by atoms with Crippen molar-refractivity contribution in [3.05, 3.63) is 53.4 Å². The van der Waals surface area contributed by atoms with Crippen molar-refractivity contribution in [2.45, 2.75) is 51.2 Å². The van der Waals surface area contributed by atoms with Crippen LogP contribution >= 0.6 is 0 Å². The van der Waals surface area contributed by atoms with Gasteiger partial charge in [0.2, 0.25) is 0 Å². The maximum Gasteiger partial charge on any atom is 0.264 e. The number of rotatable bonds is 3. The summed E-state index contributed by atoms with van der Waals surface area (Å²) in [5, 5.41) is 0. The van der Waals surface area contributed by atoms with Crippen LogP contribution < -0.4 is 0 Å². The lowest BCUT2D eigenvalue weighted by molar-refractivity contribution is -0.129. The Morgan fingerprint density at radius 2 is 1.72 bits per heavy atom. The summed E-state index contributed by atoms with van der Waals surface area (Å²) in [6, 6.07) is 6.22. The lowest BCUT2D eigenvalue weighted by Crippen LogP contribution is -2.58. The Morgan fingerprint density at radius 3 is 2.28 bits per heavy atom. The molecular formula is C19H23NO4S. The number of hydrogen-bond donors (Lipinski definition) is 0. The number of fused-ring (bicyclic) bond motifs is 1. The molecule has 0 aromatic heterocycles. The number of carbonyl (C=O) groups is 1. The molecule has 0 fully saturated rings. The number of nitrogens with zero attached hydrogens (tertiary/aromatic N) is 1.